The molecular weight excluding hydrogens is 505 g/mol. The molecular formula is C32H20N4S2. The Balaban J connectivity index is 1.38. The topological polar surface area (TPSA) is 51.6 Å². The van der Waals surface area contributed by atoms with E-state index in [1.165, 1.54) is 11.1 Å². The molecule has 0 unspecified atom stereocenters. The zero-order chi connectivity index (χ0) is 25.4. The molecule has 8 rings (SSSR count). The number of aromatic nitrogens is 4. The van der Waals surface area contributed by atoms with Crippen LogP contribution in [0.4, 0.5) is 0 Å². The normalized spacial score (nSPS) is 11.9. The van der Waals surface area contributed by atoms with Gasteiger partial charge >= 0.3 is 0 Å². The molecule has 0 aliphatic rings. The lowest BCUT2D eigenvalue weighted by Crippen LogP contribution is -1.90. The van der Waals surface area contributed by atoms with E-state index in [-0.39, 0.29) is 0 Å². The summed E-state index contributed by atoms with van der Waals surface area (Å²) in [7, 11) is 0. The van der Waals surface area contributed by atoms with Gasteiger partial charge < -0.3 is 0 Å². The molecule has 0 bridgehead atoms. The Kier molecular flexibility index (Phi) is 4.66. The molecule has 6 heteroatoms. The number of pyridine rings is 2. The maximum atomic E-state index is 5.17. The predicted molar refractivity (Wildman–Crippen MR) is 161 cm³/mol. The van der Waals surface area contributed by atoms with Gasteiger partial charge in [0.2, 0.25) is 0 Å². The van der Waals surface area contributed by atoms with Crippen molar-refractivity contribution < 1.29 is 0 Å². The number of fused-ring (bicyclic) bond motifs is 5. The van der Waals surface area contributed by atoms with Gasteiger partial charge in [-0.05, 0) is 50.2 Å². The molecule has 0 atom stereocenters. The van der Waals surface area contributed by atoms with Gasteiger partial charge in [-0.3, -0.25) is 0 Å². The van der Waals surface area contributed by atoms with Gasteiger partial charge in [0, 0.05) is 32.7 Å². The monoisotopic (exact) mass is 524 g/mol. The summed E-state index contributed by atoms with van der Waals surface area (Å²) in [6.07, 6.45) is 0. The van der Waals surface area contributed by atoms with Crippen molar-refractivity contribution in [3.05, 3.63) is 96.1 Å². The second-order valence-corrected chi connectivity index (χ2v) is 11.7. The fourth-order valence-electron chi connectivity index (χ4n) is 5.33. The quantitative estimate of drug-likeness (QED) is 0.212. The number of benzene rings is 4. The standard InChI is InChI=1S/C32H20N4S2/c1-17-11-13-25-21(15-17)27(19-7-3-5-9-23(19)33-25)29-35-31-32(37-29)36-30(38-31)28-20-8-4-6-10-24(20)34-26-14-12-18(2)16-22(26)28/h3-16H,1-2H3. The second-order valence-electron chi connectivity index (χ2n) is 9.70. The molecule has 0 aliphatic heterocycles. The Labute approximate surface area is 226 Å². The maximum absolute atomic E-state index is 5.17. The zero-order valence-corrected chi connectivity index (χ0v) is 22.3. The Morgan fingerprint density at radius 1 is 0.447 bits per heavy atom. The average Bonchev–Trinajstić information content (AvgIpc) is 3.50. The molecule has 8 aromatic rings. The third-order valence-corrected chi connectivity index (χ3v) is 9.14. The van der Waals surface area contributed by atoms with Crippen LogP contribution in [0.5, 0.6) is 0 Å². The van der Waals surface area contributed by atoms with E-state index in [1.807, 2.05) is 12.1 Å². The first-order chi connectivity index (χ1) is 18.6. The number of rotatable bonds is 2. The number of hydrogen-bond donors (Lipinski definition) is 0. The van der Waals surface area contributed by atoms with Crippen LogP contribution < -0.4 is 0 Å². The Morgan fingerprint density at radius 3 is 1.34 bits per heavy atom. The molecule has 4 nitrogen and oxygen atoms in total. The lowest BCUT2D eigenvalue weighted by Gasteiger charge is -2.10. The number of para-hydroxylation sites is 2. The number of nitrogens with zero attached hydrogens (tertiary/aromatic N) is 4. The fourth-order valence-corrected chi connectivity index (χ4v) is 7.52. The highest BCUT2D eigenvalue weighted by Gasteiger charge is 2.20. The molecule has 0 radical (unpaired) electrons. The largest absolute Gasteiger partial charge is 0.248 e. The first-order valence-electron chi connectivity index (χ1n) is 12.5. The van der Waals surface area contributed by atoms with E-state index in [0.717, 1.165) is 74.4 Å². The molecule has 0 saturated heterocycles. The second kappa shape index (κ2) is 8.12. The highest BCUT2D eigenvalue weighted by Crippen LogP contribution is 2.44. The molecule has 0 N–H and O–H groups in total. The lowest BCUT2D eigenvalue weighted by molar-refractivity contribution is 1.44. The molecule has 4 aromatic carbocycles. The summed E-state index contributed by atoms with van der Waals surface area (Å²) < 4.78 is 0. The van der Waals surface area contributed by atoms with E-state index < -0.39 is 0 Å². The van der Waals surface area contributed by atoms with Crippen molar-refractivity contribution in [2.45, 2.75) is 13.8 Å². The summed E-state index contributed by atoms with van der Waals surface area (Å²) >= 11 is 3.32. The van der Waals surface area contributed by atoms with Gasteiger partial charge in [0.05, 0.1) is 22.1 Å². The Bertz CT molecular complexity index is 2040. The van der Waals surface area contributed by atoms with Crippen LogP contribution in [0.15, 0.2) is 84.9 Å². The van der Waals surface area contributed by atoms with E-state index >= 15 is 0 Å². The van der Waals surface area contributed by atoms with Gasteiger partial charge in [-0.2, -0.15) is 0 Å². The van der Waals surface area contributed by atoms with Crippen LogP contribution in [-0.4, -0.2) is 19.9 Å². The lowest BCUT2D eigenvalue weighted by atomic mass is 10.0. The van der Waals surface area contributed by atoms with Crippen molar-refractivity contribution in [2.75, 3.05) is 0 Å². The van der Waals surface area contributed by atoms with Crippen molar-refractivity contribution in [3.8, 4) is 21.1 Å². The van der Waals surface area contributed by atoms with E-state index in [0.29, 0.717) is 0 Å². The first-order valence-corrected chi connectivity index (χ1v) is 14.1. The van der Waals surface area contributed by atoms with Crippen LogP contribution in [0.25, 0.3) is 74.4 Å². The molecule has 4 heterocycles. The minimum absolute atomic E-state index is 0.961. The molecule has 4 aromatic heterocycles. The summed E-state index contributed by atoms with van der Waals surface area (Å²) in [5.41, 5.74) is 8.64. The van der Waals surface area contributed by atoms with Gasteiger partial charge in [-0.15, -0.1) is 0 Å². The molecule has 0 spiro atoms. The molecule has 0 aliphatic carbocycles. The summed E-state index contributed by atoms with van der Waals surface area (Å²) in [5, 5.41) is 6.47. The zero-order valence-electron chi connectivity index (χ0n) is 20.7. The van der Waals surface area contributed by atoms with Crippen molar-refractivity contribution in [1.29, 1.82) is 0 Å². The Morgan fingerprint density at radius 2 is 0.868 bits per heavy atom. The molecule has 38 heavy (non-hydrogen) atoms. The molecule has 0 amide bonds. The van der Waals surface area contributed by atoms with Crippen LogP contribution >= 0.6 is 22.7 Å². The molecule has 180 valence electrons. The predicted octanol–water partition coefficient (Wildman–Crippen LogP) is 9.11. The minimum atomic E-state index is 0.961. The van der Waals surface area contributed by atoms with Crippen molar-refractivity contribution in [2.24, 2.45) is 0 Å². The van der Waals surface area contributed by atoms with Crippen LogP contribution in [0.1, 0.15) is 11.1 Å². The highest BCUT2D eigenvalue weighted by atomic mass is 32.1. The van der Waals surface area contributed by atoms with Gasteiger partial charge in [0.15, 0.2) is 9.66 Å². The number of hydrogen-bond acceptors (Lipinski definition) is 6. The minimum Gasteiger partial charge on any atom is -0.248 e. The average molecular weight is 525 g/mol. The summed E-state index contributed by atoms with van der Waals surface area (Å²) in [6.45, 7) is 4.25. The van der Waals surface area contributed by atoms with Crippen LogP contribution in [0, 0.1) is 13.8 Å². The fraction of sp³-hybridized carbons (Fsp3) is 0.0625. The summed E-state index contributed by atoms with van der Waals surface area (Å²) in [4.78, 5) is 22.1. The SMILES string of the molecule is Cc1ccc2nc3ccccc3c(-c3nc4sc(-c5c6ccccc6nc6ccc(C)cc56)nc4s3)c2c1. The number of thiazole rings is 2. The number of aryl methyl sites for hydroxylation is 2. The van der Waals surface area contributed by atoms with E-state index in [4.69, 9.17) is 19.9 Å². The van der Waals surface area contributed by atoms with Crippen molar-refractivity contribution >= 4 is 75.9 Å². The first kappa shape index (κ1) is 21.8. The van der Waals surface area contributed by atoms with Gasteiger partial charge in [-0.1, -0.05) is 82.3 Å². The van der Waals surface area contributed by atoms with Crippen LogP contribution in [-0.2, 0) is 0 Å². The van der Waals surface area contributed by atoms with Crippen molar-refractivity contribution in [3.63, 3.8) is 0 Å². The molecule has 0 fully saturated rings. The molecule has 0 saturated carbocycles. The van der Waals surface area contributed by atoms with E-state index in [9.17, 15) is 0 Å². The van der Waals surface area contributed by atoms with E-state index in [2.05, 4.69) is 86.6 Å². The van der Waals surface area contributed by atoms with E-state index in [1.54, 1.807) is 22.7 Å². The highest BCUT2D eigenvalue weighted by molar-refractivity contribution is 7.29. The summed E-state index contributed by atoms with van der Waals surface area (Å²) in [6, 6.07) is 29.5. The third kappa shape index (κ3) is 3.27. The van der Waals surface area contributed by atoms with Gasteiger partial charge in [-0.25, -0.2) is 19.9 Å². The van der Waals surface area contributed by atoms with Gasteiger partial charge in [0.25, 0.3) is 0 Å². The maximum Gasteiger partial charge on any atom is 0.155 e. The van der Waals surface area contributed by atoms with Gasteiger partial charge in [0.1, 0.15) is 10.0 Å². The van der Waals surface area contributed by atoms with Crippen LogP contribution in [0.2, 0.25) is 0 Å². The summed E-state index contributed by atoms with van der Waals surface area (Å²) in [5.74, 6) is 0. The third-order valence-electron chi connectivity index (χ3n) is 7.07. The van der Waals surface area contributed by atoms with Crippen LogP contribution in [0.3, 0.4) is 0 Å². The smallest absolute Gasteiger partial charge is 0.155 e. The Hall–Kier alpha value is -4.26. The van der Waals surface area contributed by atoms with Crippen molar-refractivity contribution in [1.82, 2.24) is 19.9 Å².